The van der Waals surface area contributed by atoms with Crippen LogP contribution in [0.3, 0.4) is 0 Å². The van der Waals surface area contributed by atoms with Crippen LogP contribution >= 0.6 is 0 Å². The molecule has 54 valence electrons. The van der Waals surface area contributed by atoms with Crippen LogP contribution in [-0.2, 0) is 0 Å². The topological polar surface area (TPSA) is 58.3 Å². The fourth-order valence-electron chi connectivity index (χ4n) is 1.20. The van der Waals surface area contributed by atoms with Gasteiger partial charge in [-0.15, -0.1) is 0 Å². The molecule has 1 aliphatic heterocycles. The lowest BCUT2D eigenvalue weighted by Gasteiger charge is -2.15. The fourth-order valence-corrected chi connectivity index (χ4v) is 1.20. The molecule has 0 amide bonds. The highest BCUT2D eigenvalue weighted by atomic mass is 16.3. The fraction of sp³-hybridized carbons (Fsp3) is 1.00. The summed E-state index contributed by atoms with van der Waals surface area (Å²) in [5, 5.41) is 12.3. The van der Waals surface area contributed by atoms with Gasteiger partial charge in [-0.3, -0.25) is 0 Å². The number of aliphatic hydroxyl groups is 1. The van der Waals surface area contributed by atoms with Crippen LogP contribution in [0.25, 0.3) is 0 Å². The van der Waals surface area contributed by atoms with Gasteiger partial charge < -0.3 is 16.2 Å². The van der Waals surface area contributed by atoms with Crippen LogP contribution in [0.4, 0.5) is 0 Å². The van der Waals surface area contributed by atoms with E-state index in [1.165, 1.54) is 6.42 Å². The Bertz CT molecular complexity index is 81.1. The molecule has 1 heterocycles. The molecule has 1 rings (SSSR count). The van der Waals surface area contributed by atoms with Gasteiger partial charge in [0.2, 0.25) is 0 Å². The van der Waals surface area contributed by atoms with Gasteiger partial charge in [0, 0.05) is 12.6 Å². The van der Waals surface area contributed by atoms with E-state index in [1.807, 2.05) is 0 Å². The molecule has 1 saturated heterocycles. The van der Waals surface area contributed by atoms with Gasteiger partial charge in [0.25, 0.3) is 0 Å². The number of nitrogens with two attached hydrogens (primary N) is 1. The largest absolute Gasteiger partial charge is 0.390 e. The number of hydrogen-bond donors (Lipinski definition) is 3. The summed E-state index contributed by atoms with van der Waals surface area (Å²) in [4.78, 5) is 0. The van der Waals surface area contributed by atoms with Crippen LogP contribution in [0.15, 0.2) is 0 Å². The Morgan fingerprint density at radius 3 is 3.00 bits per heavy atom. The first-order valence-corrected chi connectivity index (χ1v) is 3.46. The first-order valence-electron chi connectivity index (χ1n) is 3.46. The minimum atomic E-state index is -0.340. The van der Waals surface area contributed by atoms with Gasteiger partial charge in [-0.25, -0.2) is 0 Å². The monoisotopic (exact) mass is 130 g/mol. The summed E-state index contributed by atoms with van der Waals surface area (Å²) in [5.41, 5.74) is 5.26. The zero-order chi connectivity index (χ0) is 6.69. The van der Waals surface area contributed by atoms with Crippen molar-refractivity contribution in [2.45, 2.75) is 25.0 Å². The highest BCUT2D eigenvalue weighted by Crippen LogP contribution is 2.07. The first kappa shape index (κ1) is 6.99. The molecule has 3 nitrogen and oxygen atoms in total. The van der Waals surface area contributed by atoms with Crippen LogP contribution in [0.1, 0.15) is 12.8 Å². The van der Waals surface area contributed by atoms with E-state index in [0.29, 0.717) is 6.54 Å². The van der Waals surface area contributed by atoms with Crippen LogP contribution in [0, 0.1) is 0 Å². The summed E-state index contributed by atoms with van der Waals surface area (Å²) < 4.78 is 0. The summed E-state index contributed by atoms with van der Waals surface area (Å²) in [5.74, 6) is 0. The quantitative estimate of drug-likeness (QED) is 0.452. The third-order valence-electron chi connectivity index (χ3n) is 1.80. The minimum absolute atomic E-state index is 0.259. The Kier molecular flexibility index (Phi) is 2.45. The van der Waals surface area contributed by atoms with Crippen LogP contribution in [-0.4, -0.2) is 30.3 Å². The molecule has 0 aromatic rings. The second-order valence-electron chi connectivity index (χ2n) is 2.51. The maximum atomic E-state index is 9.17. The van der Waals surface area contributed by atoms with E-state index in [9.17, 15) is 5.11 Å². The molecule has 0 unspecified atom stereocenters. The number of aliphatic hydroxyl groups excluding tert-OH is 1. The molecule has 0 saturated carbocycles. The Hall–Kier alpha value is -0.120. The zero-order valence-electron chi connectivity index (χ0n) is 5.51. The van der Waals surface area contributed by atoms with E-state index in [-0.39, 0.29) is 12.1 Å². The van der Waals surface area contributed by atoms with Gasteiger partial charge in [0.05, 0.1) is 6.10 Å². The number of rotatable bonds is 2. The normalized spacial score (nSPS) is 30.7. The molecule has 1 fully saturated rings. The van der Waals surface area contributed by atoms with Gasteiger partial charge in [-0.2, -0.15) is 0 Å². The lowest BCUT2D eigenvalue weighted by atomic mass is 10.1. The SMILES string of the molecule is NC[C@@H](O)[C@@H]1CCCN1. The Labute approximate surface area is 55.2 Å². The van der Waals surface area contributed by atoms with Crippen molar-refractivity contribution in [3.05, 3.63) is 0 Å². The standard InChI is InChI=1S/C6H14N2O/c7-4-6(9)5-2-1-3-8-5/h5-6,8-9H,1-4,7H2/t5-,6+/m0/s1. The molecule has 0 spiro atoms. The van der Waals surface area contributed by atoms with E-state index in [2.05, 4.69) is 5.32 Å². The predicted octanol–water partition coefficient (Wildman–Crippen LogP) is -0.942. The highest BCUT2D eigenvalue weighted by molar-refractivity contribution is 4.81. The van der Waals surface area contributed by atoms with Gasteiger partial charge in [0.1, 0.15) is 0 Å². The Morgan fingerprint density at radius 1 is 1.78 bits per heavy atom. The van der Waals surface area contributed by atoms with Crippen molar-refractivity contribution < 1.29 is 5.11 Å². The third kappa shape index (κ3) is 1.64. The molecular weight excluding hydrogens is 116 g/mol. The van der Waals surface area contributed by atoms with E-state index in [0.717, 1.165) is 13.0 Å². The van der Waals surface area contributed by atoms with Crippen molar-refractivity contribution in [3.63, 3.8) is 0 Å². The van der Waals surface area contributed by atoms with Crippen LogP contribution in [0.5, 0.6) is 0 Å². The Balaban J connectivity index is 2.24. The summed E-state index contributed by atoms with van der Waals surface area (Å²) in [6.07, 6.45) is 1.90. The number of nitrogens with one attached hydrogen (secondary N) is 1. The molecule has 0 aromatic carbocycles. The van der Waals surface area contributed by atoms with E-state index in [1.54, 1.807) is 0 Å². The van der Waals surface area contributed by atoms with E-state index < -0.39 is 0 Å². The van der Waals surface area contributed by atoms with Gasteiger partial charge in [0.15, 0.2) is 0 Å². The van der Waals surface area contributed by atoms with Crippen molar-refractivity contribution >= 4 is 0 Å². The molecule has 0 aromatic heterocycles. The number of hydrogen-bond acceptors (Lipinski definition) is 3. The molecule has 1 aliphatic rings. The molecule has 2 atom stereocenters. The molecular formula is C6H14N2O. The summed E-state index contributed by atoms with van der Waals surface area (Å²) in [6, 6.07) is 0.259. The van der Waals surface area contributed by atoms with Gasteiger partial charge in [-0.05, 0) is 19.4 Å². The van der Waals surface area contributed by atoms with E-state index in [4.69, 9.17) is 5.73 Å². The zero-order valence-corrected chi connectivity index (χ0v) is 5.51. The first-order chi connectivity index (χ1) is 4.34. The minimum Gasteiger partial charge on any atom is -0.390 e. The summed E-state index contributed by atoms with van der Waals surface area (Å²) in [6.45, 7) is 1.40. The van der Waals surface area contributed by atoms with Crippen molar-refractivity contribution in [3.8, 4) is 0 Å². The summed E-state index contributed by atoms with van der Waals surface area (Å²) >= 11 is 0. The average Bonchev–Trinajstić information content (AvgIpc) is 2.37. The second-order valence-corrected chi connectivity index (χ2v) is 2.51. The van der Waals surface area contributed by atoms with Crippen LogP contribution in [0.2, 0.25) is 0 Å². The van der Waals surface area contributed by atoms with Crippen molar-refractivity contribution in [2.24, 2.45) is 5.73 Å². The predicted molar refractivity (Wildman–Crippen MR) is 36.1 cm³/mol. The lowest BCUT2D eigenvalue weighted by molar-refractivity contribution is 0.143. The maximum Gasteiger partial charge on any atom is 0.0815 e. The molecule has 0 radical (unpaired) electrons. The van der Waals surface area contributed by atoms with Crippen molar-refractivity contribution in [1.29, 1.82) is 0 Å². The van der Waals surface area contributed by atoms with Crippen molar-refractivity contribution in [2.75, 3.05) is 13.1 Å². The van der Waals surface area contributed by atoms with Gasteiger partial charge in [-0.1, -0.05) is 0 Å². The van der Waals surface area contributed by atoms with Crippen LogP contribution < -0.4 is 11.1 Å². The van der Waals surface area contributed by atoms with Gasteiger partial charge >= 0.3 is 0 Å². The molecule has 0 bridgehead atoms. The Morgan fingerprint density at radius 2 is 2.56 bits per heavy atom. The van der Waals surface area contributed by atoms with Crippen molar-refractivity contribution in [1.82, 2.24) is 5.32 Å². The lowest BCUT2D eigenvalue weighted by Crippen LogP contribution is -2.39. The highest BCUT2D eigenvalue weighted by Gasteiger charge is 2.20. The smallest absolute Gasteiger partial charge is 0.0815 e. The maximum absolute atomic E-state index is 9.17. The van der Waals surface area contributed by atoms with E-state index >= 15 is 0 Å². The molecule has 4 N–H and O–H groups in total. The molecule has 3 heteroatoms. The third-order valence-corrected chi connectivity index (χ3v) is 1.80. The average molecular weight is 130 g/mol. The molecule has 9 heavy (non-hydrogen) atoms. The molecule has 0 aliphatic carbocycles. The second kappa shape index (κ2) is 3.15. The summed E-state index contributed by atoms with van der Waals surface area (Å²) in [7, 11) is 0.